The number of aliphatic hydroxyl groups excluding tert-OH is 2. The first-order valence-electron chi connectivity index (χ1n) is 22.7. The van der Waals surface area contributed by atoms with Gasteiger partial charge in [-0.2, -0.15) is 0 Å². The Morgan fingerprint density at radius 3 is 1.66 bits per heavy atom. The molecule has 0 radical (unpaired) electrons. The normalized spacial score (nSPS) is 15.4. The second kappa shape index (κ2) is 42.4. The highest BCUT2D eigenvalue weighted by molar-refractivity contribution is 7.47. The summed E-state index contributed by atoms with van der Waals surface area (Å²) >= 11 is 0. The summed E-state index contributed by atoms with van der Waals surface area (Å²) in [6, 6.07) is 0. The largest absolute Gasteiger partial charge is 0.472 e. The van der Waals surface area contributed by atoms with Gasteiger partial charge in [-0.25, -0.2) is 9.13 Å². The monoisotopic (exact) mass is 940 g/mol. The maximum atomic E-state index is 12.7. The number of phosphoric ester groups is 2. The van der Waals surface area contributed by atoms with Crippen molar-refractivity contribution >= 4 is 27.6 Å². The molecule has 0 saturated carbocycles. The number of phosphoric acid groups is 2. The van der Waals surface area contributed by atoms with Crippen LogP contribution in [0.25, 0.3) is 0 Å². The fraction of sp³-hybridized carbons (Fsp3) is 0.583. The smallest absolute Gasteiger partial charge is 0.462 e. The van der Waals surface area contributed by atoms with Crippen LogP contribution in [0.3, 0.4) is 0 Å². The third kappa shape index (κ3) is 45.3. The topological polar surface area (TPSA) is 216 Å². The number of aliphatic hydroxyl groups is 2. The summed E-state index contributed by atoms with van der Waals surface area (Å²) in [7, 11) is -9.74. The average Bonchev–Trinajstić information content (AvgIpc) is 3.25. The van der Waals surface area contributed by atoms with Gasteiger partial charge in [0, 0.05) is 12.8 Å². The van der Waals surface area contributed by atoms with Crippen molar-refractivity contribution < 1.29 is 66.7 Å². The van der Waals surface area contributed by atoms with Crippen molar-refractivity contribution in [3.05, 3.63) is 109 Å². The molecule has 0 amide bonds. The number of carbonyl (C=O) groups is 2. The number of carbonyl (C=O) groups excluding carboxylic acids is 2. The molecular weight excluding hydrogens is 862 g/mol. The Morgan fingerprint density at radius 2 is 1.05 bits per heavy atom. The van der Waals surface area contributed by atoms with Crippen LogP contribution in [-0.2, 0) is 41.8 Å². The average molecular weight is 941 g/mol. The summed E-state index contributed by atoms with van der Waals surface area (Å²) in [5, 5.41) is 19.8. The Kier molecular flexibility index (Phi) is 40.2. The molecule has 0 aromatic rings. The minimum atomic E-state index is -4.89. The number of esters is 2. The van der Waals surface area contributed by atoms with Gasteiger partial charge in [0.15, 0.2) is 6.10 Å². The number of rotatable bonds is 41. The highest BCUT2D eigenvalue weighted by atomic mass is 31.2. The number of unbranched alkanes of at least 4 members (excludes halogenated alkanes) is 7. The van der Waals surface area contributed by atoms with Crippen LogP contribution in [0.15, 0.2) is 109 Å². The van der Waals surface area contributed by atoms with Gasteiger partial charge >= 0.3 is 27.6 Å². The van der Waals surface area contributed by atoms with E-state index in [1.807, 2.05) is 36.5 Å². The molecule has 0 aromatic heterocycles. The molecule has 5 N–H and O–H groups in total. The quantitative estimate of drug-likeness (QED) is 0.0127. The molecule has 0 aliphatic rings. The Balaban J connectivity index is 4.73. The summed E-state index contributed by atoms with van der Waals surface area (Å²) in [5.74, 6) is -1.19. The van der Waals surface area contributed by atoms with Crippen molar-refractivity contribution in [3.63, 3.8) is 0 Å². The molecule has 0 aliphatic carbocycles. The van der Waals surface area contributed by atoms with Crippen LogP contribution >= 0.6 is 15.6 Å². The molecule has 64 heavy (non-hydrogen) atoms. The number of hydrogen-bond acceptors (Lipinski definition) is 11. The van der Waals surface area contributed by atoms with Crippen molar-refractivity contribution in [2.24, 2.45) is 0 Å². The van der Waals surface area contributed by atoms with Crippen molar-refractivity contribution in [3.8, 4) is 0 Å². The standard InChI is InChI=1S/C48H78O14P2/c1-3-5-7-9-11-12-13-14-15-16-17-18-19-20-21-22-26-30-34-38-47(51)58-42-46(43-61-64(56,57)60-41-45(50)40-59-63(53,54)55)62-48(52)39-35-31-27-24-23-25-29-33-37-44(49)36-32-28-10-8-6-4-2/h5,7,11-12,14-15,17-18,20-21,24-25,27-29,32-33,37,44-46,49-50H,3-4,6,8-10,13,16,19,22-23,26,30-31,34-36,38-43H2,1-2H3,(H,56,57)(H2,53,54,55)/b7-5-,12-11-,15-14-,18-17-,21-20-,27-24-,29-25-,32-28-,37-33+/t44-,45-,46+/m0/s1. The lowest BCUT2D eigenvalue weighted by molar-refractivity contribution is -0.161. The first-order chi connectivity index (χ1) is 30.8. The molecule has 16 heteroatoms. The Morgan fingerprint density at radius 1 is 0.531 bits per heavy atom. The zero-order valence-electron chi connectivity index (χ0n) is 38.2. The van der Waals surface area contributed by atoms with Crippen LogP contribution in [0.5, 0.6) is 0 Å². The van der Waals surface area contributed by atoms with Gasteiger partial charge in [-0.3, -0.25) is 23.2 Å². The Labute approximate surface area is 383 Å². The van der Waals surface area contributed by atoms with E-state index >= 15 is 0 Å². The second-order valence-corrected chi connectivity index (χ2v) is 17.5. The SMILES string of the molecule is CC/C=C\C/C=C\C/C=C\C/C=C\C/C=C\CCCCCC(=O)OC[C@H](COP(=O)(O)OC[C@@H](O)COP(=O)(O)O)OC(=O)CCC/C=C\C/C=C\C=C\[C@@H](O)C/C=C\CCCCC. The van der Waals surface area contributed by atoms with Gasteiger partial charge in [0.25, 0.3) is 0 Å². The van der Waals surface area contributed by atoms with Crippen LogP contribution in [-0.4, -0.2) is 81.6 Å². The predicted octanol–water partition coefficient (Wildman–Crippen LogP) is 10.9. The van der Waals surface area contributed by atoms with E-state index in [4.69, 9.17) is 23.8 Å². The summed E-state index contributed by atoms with van der Waals surface area (Å²) in [6.45, 7) is 1.41. The summed E-state index contributed by atoms with van der Waals surface area (Å²) in [5.41, 5.74) is 0. The lowest BCUT2D eigenvalue weighted by Crippen LogP contribution is -2.29. The number of allylic oxidation sites excluding steroid dienone is 16. The van der Waals surface area contributed by atoms with E-state index < -0.39 is 72.3 Å². The fourth-order valence-electron chi connectivity index (χ4n) is 5.27. The molecule has 14 nitrogen and oxygen atoms in total. The maximum Gasteiger partial charge on any atom is 0.472 e. The lowest BCUT2D eigenvalue weighted by Gasteiger charge is -2.20. The zero-order chi connectivity index (χ0) is 47.4. The predicted molar refractivity (Wildman–Crippen MR) is 254 cm³/mol. The molecule has 0 fully saturated rings. The molecule has 0 saturated heterocycles. The van der Waals surface area contributed by atoms with E-state index in [0.29, 0.717) is 32.1 Å². The van der Waals surface area contributed by atoms with Gasteiger partial charge in [-0.15, -0.1) is 0 Å². The van der Waals surface area contributed by atoms with Gasteiger partial charge in [-0.05, 0) is 89.9 Å². The van der Waals surface area contributed by atoms with Crippen LogP contribution in [0.1, 0.15) is 136 Å². The summed E-state index contributed by atoms with van der Waals surface area (Å²) < 4.78 is 47.7. The van der Waals surface area contributed by atoms with E-state index in [1.54, 1.807) is 6.08 Å². The lowest BCUT2D eigenvalue weighted by atomic mass is 10.1. The highest BCUT2D eigenvalue weighted by Gasteiger charge is 2.28. The van der Waals surface area contributed by atoms with E-state index in [1.165, 1.54) is 12.8 Å². The number of hydrogen-bond donors (Lipinski definition) is 5. The first-order valence-corrected chi connectivity index (χ1v) is 25.7. The van der Waals surface area contributed by atoms with Gasteiger partial charge in [0.2, 0.25) is 0 Å². The van der Waals surface area contributed by atoms with Crippen molar-refractivity contribution in [1.29, 1.82) is 0 Å². The van der Waals surface area contributed by atoms with Gasteiger partial charge in [0.1, 0.15) is 12.7 Å². The van der Waals surface area contributed by atoms with Gasteiger partial charge in [0.05, 0.1) is 25.9 Å². The number of ether oxygens (including phenoxy) is 2. The highest BCUT2D eigenvalue weighted by Crippen LogP contribution is 2.43. The molecule has 0 spiro atoms. The van der Waals surface area contributed by atoms with E-state index in [0.717, 1.165) is 64.2 Å². The molecule has 0 heterocycles. The van der Waals surface area contributed by atoms with Crippen molar-refractivity contribution in [1.82, 2.24) is 0 Å². The van der Waals surface area contributed by atoms with Crippen LogP contribution < -0.4 is 0 Å². The maximum absolute atomic E-state index is 12.7. The van der Waals surface area contributed by atoms with Crippen molar-refractivity contribution in [2.45, 2.75) is 154 Å². The van der Waals surface area contributed by atoms with E-state index in [9.17, 15) is 33.8 Å². The molecule has 0 rings (SSSR count). The van der Waals surface area contributed by atoms with Crippen LogP contribution in [0, 0.1) is 0 Å². The molecule has 0 bridgehead atoms. The fourth-order valence-corrected chi connectivity index (χ4v) is 6.43. The molecule has 364 valence electrons. The van der Waals surface area contributed by atoms with Gasteiger partial charge < -0.3 is 34.4 Å². The minimum absolute atomic E-state index is 0.00917. The Hall–Kier alpha value is -3.26. The van der Waals surface area contributed by atoms with Crippen LogP contribution in [0.4, 0.5) is 0 Å². The second-order valence-electron chi connectivity index (χ2n) is 14.8. The molecule has 0 aliphatic heterocycles. The third-order valence-electron chi connectivity index (χ3n) is 8.72. The summed E-state index contributed by atoms with van der Waals surface area (Å²) in [4.78, 5) is 52.7. The van der Waals surface area contributed by atoms with Crippen molar-refractivity contribution in [2.75, 3.05) is 26.4 Å². The molecular formula is C48H78O14P2. The molecule has 1 unspecified atom stereocenters. The minimum Gasteiger partial charge on any atom is -0.462 e. The molecule has 0 aromatic carbocycles. The molecule has 4 atom stereocenters. The Bertz CT molecular complexity index is 1560. The van der Waals surface area contributed by atoms with E-state index in [-0.39, 0.29) is 12.8 Å². The van der Waals surface area contributed by atoms with Gasteiger partial charge in [-0.1, -0.05) is 142 Å². The zero-order valence-corrected chi connectivity index (χ0v) is 40.0. The van der Waals surface area contributed by atoms with E-state index in [2.05, 4.69) is 89.7 Å². The van der Waals surface area contributed by atoms with Crippen LogP contribution in [0.2, 0.25) is 0 Å². The third-order valence-corrected chi connectivity index (χ3v) is 10.2. The first kappa shape index (κ1) is 60.7. The summed E-state index contributed by atoms with van der Waals surface area (Å²) in [6.07, 6.45) is 48.2.